The van der Waals surface area contributed by atoms with Gasteiger partial charge in [-0.3, -0.25) is 0 Å². The SMILES string of the molecule is CCC(N)Cc1ccc(Cl)cc1N(C)Cc1ccc(Cl)s1. The first kappa shape index (κ1) is 16.6. The molecule has 0 spiro atoms. The van der Waals surface area contributed by atoms with Gasteiger partial charge in [-0.25, -0.2) is 0 Å². The van der Waals surface area contributed by atoms with E-state index in [4.69, 9.17) is 28.9 Å². The van der Waals surface area contributed by atoms with Crippen molar-refractivity contribution >= 4 is 40.2 Å². The highest BCUT2D eigenvalue weighted by atomic mass is 35.5. The molecule has 0 bridgehead atoms. The van der Waals surface area contributed by atoms with Gasteiger partial charge in [0.2, 0.25) is 0 Å². The van der Waals surface area contributed by atoms with E-state index in [2.05, 4.69) is 31.0 Å². The summed E-state index contributed by atoms with van der Waals surface area (Å²) in [5.41, 5.74) is 8.47. The highest BCUT2D eigenvalue weighted by molar-refractivity contribution is 7.16. The van der Waals surface area contributed by atoms with Crippen LogP contribution in [0.1, 0.15) is 23.8 Å². The molecule has 1 aromatic carbocycles. The van der Waals surface area contributed by atoms with E-state index in [9.17, 15) is 0 Å². The van der Waals surface area contributed by atoms with Crippen molar-refractivity contribution in [1.29, 1.82) is 0 Å². The Bertz CT molecular complexity index is 598. The molecule has 0 aliphatic carbocycles. The van der Waals surface area contributed by atoms with Gasteiger partial charge in [0, 0.05) is 28.7 Å². The number of hydrogen-bond acceptors (Lipinski definition) is 3. The van der Waals surface area contributed by atoms with Crippen LogP contribution in [0.15, 0.2) is 30.3 Å². The smallest absolute Gasteiger partial charge is 0.0931 e. The second kappa shape index (κ2) is 7.50. The Kier molecular flexibility index (Phi) is 5.94. The molecule has 0 saturated heterocycles. The molecule has 0 amide bonds. The van der Waals surface area contributed by atoms with Gasteiger partial charge in [0.25, 0.3) is 0 Å². The van der Waals surface area contributed by atoms with Crippen molar-refractivity contribution in [2.24, 2.45) is 5.73 Å². The summed E-state index contributed by atoms with van der Waals surface area (Å²) in [5, 5.41) is 0.745. The lowest BCUT2D eigenvalue weighted by molar-refractivity contribution is 0.645. The van der Waals surface area contributed by atoms with Crippen LogP contribution < -0.4 is 10.6 Å². The monoisotopic (exact) mass is 342 g/mol. The zero-order valence-electron chi connectivity index (χ0n) is 12.3. The third-order valence-corrected chi connectivity index (χ3v) is 4.94. The molecule has 2 rings (SSSR count). The molecule has 0 fully saturated rings. The Hall–Kier alpha value is -0.740. The summed E-state index contributed by atoms with van der Waals surface area (Å²) in [5.74, 6) is 0. The molecule has 1 heterocycles. The van der Waals surface area contributed by atoms with Crippen LogP contribution in [0.25, 0.3) is 0 Å². The average molecular weight is 343 g/mol. The van der Waals surface area contributed by atoms with Gasteiger partial charge in [0.05, 0.1) is 10.9 Å². The third kappa shape index (κ3) is 4.62. The molecule has 5 heteroatoms. The average Bonchev–Trinajstić information content (AvgIpc) is 2.85. The number of anilines is 1. The molecule has 1 unspecified atom stereocenters. The van der Waals surface area contributed by atoms with Gasteiger partial charge < -0.3 is 10.6 Å². The second-order valence-corrected chi connectivity index (χ2v) is 7.44. The van der Waals surface area contributed by atoms with Gasteiger partial charge in [0.15, 0.2) is 0 Å². The number of halogens is 2. The van der Waals surface area contributed by atoms with Crippen LogP contribution in [0, 0.1) is 0 Å². The largest absolute Gasteiger partial charge is 0.369 e. The topological polar surface area (TPSA) is 29.3 Å². The summed E-state index contributed by atoms with van der Waals surface area (Å²) in [6.07, 6.45) is 1.82. The van der Waals surface area contributed by atoms with E-state index in [1.807, 2.05) is 18.2 Å². The molecule has 2 aromatic rings. The van der Waals surface area contributed by atoms with Gasteiger partial charge in [-0.15, -0.1) is 11.3 Å². The fraction of sp³-hybridized carbons (Fsp3) is 0.375. The molecule has 1 atom stereocenters. The standard InChI is InChI=1S/C16H20Cl2N2S/c1-3-13(19)8-11-4-5-12(17)9-15(11)20(2)10-14-6-7-16(18)21-14/h4-7,9,13H,3,8,10,19H2,1-2H3. The van der Waals surface area contributed by atoms with Crippen molar-refractivity contribution in [3.8, 4) is 0 Å². The third-order valence-electron chi connectivity index (χ3n) is 3.49. The molecule has 0 radical (unpaired) electrons. The molecule has 0 aliphatic heterocycles. The van der Waals surface area contributed by atoms with Crippen molar-refractivity contribution in [2.45, 2.75) is 32.4 Å². The lowest BCUT2D eigenvalue weighted by atomic mass is 10.0. The number of nitrogens with two attached hydrogens (primary N) is 1. The number of rotatable bonds is 6. The van der Waals surface area contributed by atoms with E-state index in [0.29, 0.717) is 0 Å². The van der Waals surface area contributed by atoms with E-state index in [1.54, 1.807) is 11.3 Å². The van der Waals surface area contributed by atoms with E-state index >= 15 is 0 Å². The normalized spacial score (nSPS) is 12.4. The van der Waals surface area contributed by atoms with E-state index in [0.717, 1.165) is 34.4 Å². The van der Waals surface area contributed by atoms with Crippen molar-refractivity contribution in [3.63, 3.8) is 0 Å². The molecule has 0 aliphatic rings. The van der Waals surface area contributed by atoms with Gasteiger partial charge in [0.1, 0.15) is 0 Å². The molecule has 1 aromatic heterocycles. The molecule has 0 saturated carbocycles. The molecular formula is C16H20Cl2N2S. The molecule has 114 valence electrons. The molecule has 2 nitrogen and oxygen atoms in total. The predicted molar refractivity (Wildman–Crippen MR) is 94.9 cm³/mol. The minimum absolute atomic E-state index is 0.175. The van der Waals surface area contributed by atoms with Crippen LogP contribution >= 0.6 is 34.5 Å². The first-order valence-electron chi connectivity index (χ1n) is 6.99. The number of thiophene rings is 1. The van der Waals surface area contributed by atoms with Crippen LogP contribution in [0.5, 0.6) is 0 Å². The van der Waals surface area contributed by atoms with Crippen LogP contribution in [-0.4, -0.2) is 13.1 Å². The van der Waals surface area contributed by atoms with E-state index < -0.39 is 0 Å². The van der Waals surface area contributed by atoms with Crippen LogP contribution in [0.3, 0.4) is 0 Å². The maximum absolute atomic E-state index is 6.16. The first-order valence-corrected chi connectivity index (χ1v) is 8.56. The second-order valence-electron chi connectivity index (χ2n) is 5.21. The highest BCUT2D eigenvalue weighted by Crippen LogP contribution is 2.29. The van der Waals surface area contributed by atoms with Gasteiger partial charge >= 0.3 is 0 Å². The lowest BCUT2D eigenvalue weighted by Crippen LogP contribution is -2.24. The zero-order chi connectivity index (χ0) is 15.4. The Labute approximate surface area is 140 Å². The van der Waals surface area contributed by atoms with E-state index in [-0.39, 0.29) is 6.04 Å². The summed E-state index contributed by atoms with van der Waals surface area (Å²) >= 11 is 13.8. The van der Waals surface area contributed by atoms with Crippen molar-refractivity contribution in [2.75, 3.05) is 11.9 Å². The molecular weight excluding hydrogens is 323 g/mol. The predicted octanol–water partition coefficient (Wildman–Crippen LogP) is 4.97. The summed E-state index contributed by atoms with van der Waals surface area (Å²) < 4.78 is 0.817. The van der Waals surface area contributed by atoms with Crippen molar-refractivity contribution in [3.05, 3.63) is 50.1 Å². The quantitative estimate of drug-likeness (QED) is 0.802. The molecule has 2 N–H and O–H groups in total. The van der Waals surface area contributed by atoms with Crippen LogP contribution in [0.4, 0.5) is 5.69 Å². The maximum atomic E-state index is 6.16. The van der Waals surface area contributed by atoms with Gasteiger partial charge in [-0.2, -0.15) is 0 Å². The van der Waals surface area contributed by atoms with E-state index in [1.165, 1.54) is 10.4 Å². The minimum Gasteiger partial charge on any atom is -0.369 e. The number of nitrogens with zero attached hydrogens (tertiary/aromatic N) is 1. The van der Waals surface area contributed by atoms with Crippen molar-refractivity contribution < 1.29 is 0 Å². The fourth-order valence-electron chi connectivity index (χ4n) is 2.25. The zero-order valence-corrected chi connectivity index (χ0v) is 14.6. The van der Waals surface area contributed by atoms with Crippen molar-refractivity contribution in [1.82, 2.24) is 0 Å². The molecule has 21 heavy (non-hydrogen) atoms. The Balaban J connectivity index is 2.21. The number of benzene rings is 1. The fourth-order valence-corrected chi connectivity index (χ4v) is 3.55. The summed E-state index contributed by atoms with van der Waals surface area (Å²) in [7, 11) is 2.07. The number of hydrogen-bond donors (Lipinski definition) is 1. The van der Waals surface area contributed by atoms with Crippen LogP contribution in [0.2, 0.25) is 9.36 Å². The summed E-state index contributed by atoms with van der Waals surface area (Å²) in [4.78, 5) is 3.43. The first-order chi connectivity index (χ1) is 9.99. The van der Waals surface area contributed by atoms with Gasteiger partial charge in [-0.1, -0.05) is 36.2 Å². The Morgan fingerprint density at radius 3 is 2.62 bits per heavy atom. The van der Waals surface area contributed by atoms with Crippen LogP contribution in [-0.2, 0) is 13.0 Å². The Morgan fingerprint density at radius 2 is 2.00 bits per heavy atom. The minimum atomic E-state index is 0.175. The van der Waals surface area contributed by atoms with Gasteiger partial charge in [-0.05, 0) is 42.7 Å². The Morgan fingerprint density at radius 1 is 1.24 bits per heavy atom. The lowest BCUT2D eigenvalue weighted by Gasteiger charge is -2.23. The maximum Gasteiger partial charge on any atom is 0.0931 e. The summed E-state index contributed by atoms with van der Waals surface area (Å²) in [6, 6.07) is 10.2. The summed E-state index contributed by atoms with van der Waals surface area (Å²) in [6.45, 7) is 2.92. The highest BCUT2D eigenvalue weighted by Gasteiger charge is 2.12.